The van der Waals surface area contributed by atoms with E-state index in [0.717, 1.165) is 25.1 Å². The van der Waals surface area contributed by atoms with Crippen LogP contribution in [0.4, 0.5) is 0 Å². The second-order valence-corrected chi connectivity index (χ2v) is 8.04. The van der Waals surface area contributed by atoms with E-state index in [1.165, 1.54) is 6.26 Å². The minimum atomic E-state index is -0.0867. The Labute approximate surface area is 169 Å². The number of carbonyl (C=O) groups is 1. The van der Waals surface area contributed by atoms with Crippen LogP contribution < -0.4 is 10.2 Å². The molecule has 1 saturated heterocycles. The van der Waals surface area contributed by atoms with E-state index in [4.69, 9.17) is 9.15 Å². The van der Waals surface area contributed by atoms with Crippen molar-refractivity contribution in [1.82, 2.24) is 4.90 Å². The van der Waals surface area contributed by atoms with Crippen molar-refractivity contribution >= 4 is 16.9 Å². The van der Waals surface area contributed by atoms with Crippen molar-refractivity contribution in [3.63, 3.8) is 0 Å². The molecule has 2 aromatic carbocycles. The zero-order valence-corrected chi connectivity index (χ0v) is 16.8. The molecule has 0 spiro atoms. The van der Waals surface area contributed by atoms with Gasteiger partial charge in [0.05, 0.1) is 10.9 Å². The van der Waals surface area contributed by atoms with Crippen LogP contribution in [0.25, 0.3) is 22.1 Å². The summed E-state index contributed by atoms with van der Waals surface area (Å²) in [5.74, 6) is 1.52. The standard InChI is InChI=1S/C24H25NO4/c1-16-10-17(2)13-25(12-16)23(26)15-28-19-8-9-20-22(11-19)29-14-21(24(20)27)18-6-4-3-5-7-18/h3-9,11,14,16-17H,10,12-13,15H2,1-2H3/t16-,17-/m0/s1. The largest absolute Gasteiger partial charge is 0.484 e. The van der Waals surface area contributed by atoms with Gasteiger partial charge in [0.1, 0.15) is 17.6 Å². The number of fused-ring (bicyclic) bond motifs is 1. The maximum absolute atomic E-state index is 12.8. The number of piperidine rings is 1. The Kier molecular flexibility index (Phi) is 5.38. The molecule has 0 aliphatic carbocycles. The fourth-order valence-corrected chi connectivity index (χ4v) is 4.12. The Balaban J connectivity index is 1.49. The summed E-state index contributed by atoms with van der Waals surface area (Å²) in [6.45, 7) is 5.89. The second-order valence-electron chi connectivity index (χ2n) is 8.04. The van der Waals surface area contributed by atoms with E-state index in [-0.39, 0.29) is 17.9 Å². The van der Waals surface area contributed by atoms with Crippen LogP contribution in [0.3, 0.4) is 0 Å². The fraction of sp³-hybridized carbons (Fsp3) is 0.333. The zero-order chi connectivity index (χ0) is 20.4. The number of amides is 1. The van der Waals surface area contributed by atoms with Gasteiger partial charge in [-0.1, -0.05) is 44.2 Å². The Bertz CT molecular complexity index is 1060. The monoisotopic (exact) mass is 391 g/mol. The number of carbonyl (C=O) groups excluding carboxylic acids is 1. The molecule has 5 heteroatoms. The molecular weight excluding hydrogens is 366 g/mol. The van der Waals surface area contributed by atoms with Gasteiger partial charge in [0.25, 0.3) is 5.91 Å². The van der Waals surface area contributed by atoms with E-state index < -0.39 is 0 Å². The van der Waals surface area contributed by atoms with Gasteiger partial charge in [-0.25, -0.2) is 0 Å². The summed E-state index contributed by atoms with van der Waals surface area (Å²) in [7, 11) is 0. The molecule has 1 fully saturated rings. The van der Waals surface area contributed by atoms with Crippen molar-refractivity contribution in [3.8, 4) is 16.9 Å². The molecule has 1 aromatic heterocycles. The highest BCUT2D eigenvalue weighted by Gasteiger charge is 2.25. The predicted molar refractivity (Wildman–Crippen MR) is 113 cm³/mol. The van der Waals surface area contributed by atoms with E-state index in [9.17, 15) is 9.59 Å². The molecule has 150 valence electrons. The number of hydrogen-bond acceptors (Lipinski definition) is 4. The van der Waals surface area contributed by atoms with Crippen LogP contribution in [-0.4, -0.2) is 30.5 Å². The van der Waals surface area contributed by atoms with Gasteiger partial charge in [0.15, 0.2) is 12.0 Å². The fourth-order valence-electron chi connectivity index (χ4n) is 4.12. The summed E-state index contributed by atoms with van der Waals surface area (Å²) in [5.41, 5.74) is 1.70. The zero-order valence-electron chi connectivity index (χ0n) is 16.8. The Morgan fingerprint density at radius 1 is 1.10 bits per heavy atom. The van der Waals surface area contributed by atoms with E-state index in [1.54, 1.807) is 18.2 Å². The quantitative estimate of drug-likeness (QED) is 0.664. The van der Waals surface area contributed by atoms with Crippen molar-refractivity contribution in [2.45, 2.75) is 20.3 Å². The molecule has 0 radical (unpaired) electrons. The summed E-state index contributed by atoms with van der Waals surface area (Å²) < 4.78 is 11.4. The number of benzene rings is 2. The van der Waals surface area contributed by atoms with Crippen molar-refractivity contribution in [3.05, 3.63) is 65.0 Å². The molecule has 4 rings (SSSR count). The number of likely N-dealkylation sites (tertiary alicyclic amines) is 1. The summed E-state index contributed by atoms with van der Waals surface area (Å²) in [6.07, 6.45) is 2.63. The van der Waals surface area contributed by atoms with Crippen LogP contribution in [0.1, 0.15) is 20.3 Å². The maximum atomic E-state index is 12.8. The molecule has 0 saturated carbocycles. The van der Waals surface area contributed by atoms with Gasteiger partial charge in [-0.15, -0.1) is 0 Å². The van der Waals surface area contributed by atoms with E-state index in [0.29, 0.717) is 34.1 Å². The molecule has 29 heavy (non-hydrogen) atoms. The first-order chi connectivity index (χ1) is 14.0. The Morgan fingerprint density at radius 2 is 1.83 bits per heavy atom. The third kappa shape index (κ3) is 4.19. The minimum Gasteiger partial charge on any atom is -0.484 e. The summed E-state index contributed by atoms with van der Waals surface area (Å²) in [4.78, 5) is 27.2. The van der Waals surface area contributed by atoms with Crippen LogP contribution in [0.2, 0.25) is 0 Å². The van der Waals surface area contributed by atoms with Crippen LogP contribution >= 0.6 is 0 Å². The van der Waals surface area contributed by atoms with E-state index in [1.807, 2.05) is 35.2 Å². The lowest BCUT2D eigenvalue weighted by Gasteiger charge is -2.34. The van der Waals surface area contributed by atoms with Gasteiger partial charge >= 0.3 is 0 Å². The average Bonchev–Trinajstić information content (AvgIpc) is 2.72. The lowest BCUT2D eigenvalue weighted by Crippen LogP contribution is -2.44. The molecule has 2 atom stereocenters. The van der Waals surface area contributed by atoms with Crippen molar-refractivity contribution < 1.29 is 13.9 Å². The topological polar surface area (TPSA) is 59.8 Å². The third-order valence-electron chi connectivity index (χ3n) is 5.41. The summed E-state index contributed by atoms with van der Waals surface area (Å²) >= 11 is 0. The van der Waals surface area contributed by atoms with E-state index in [2.05, 4.69) is 13.8 Å². The van der Waals surface area contributed by atoms with Gasteiger partial charge in [0.2, 0.25) is 0 Å². The van der Waals surface area contributed by atoms with Gasteiger partial charge < -0.3 is 14.1 Å². The highest BCUT2D eigenvalue weighted by atomic mass is 16.5. The third-order valence-corrected chi connectivity index (χ3v) is 5.41. The van der Waals surface area contributed by atoms with Gasteiger partial charge in [-0.05, 0) is 36.0 Å². The molecule has 5 nitrogen and oxygen atoms in total. The predicted octanol–water partition coefficient (Wildman–Crippen LogP) is 4.34. The van der Waals surface area contributed by atoms with Gasteiger partial charge in [0, 0.05) is 19.2 Å². The Hall–Kier alpha value is -3.08. The molecule has 0 N–H and O–H groups in total. The first-order valence-electron chi connectivity index (χ1n) is 10.0. The summed E-state index contributed by atoms with van der Waals surface area (Å²) in [5, 5.41) is 0.490. The second kappa shape index (κ2) is 8.11. The van der Waals surface area contributed by atoms with Gasteiger partial charge in [-0.3, -0.25) is 9.59 Å². The smallest absolute Gasteiger partial charge is 0.260 e. The Morgan fingerprint density at radius 3 is 2.55 bits per heavy atom. The maximum Gasteiger partial charge on any atom is 0.260 e. The summed E-state index contributed by atoms with van der Waals surface area (Å²) in [6, 6.07) is 14.5. The number of ether oxygens (including phenoxy) is 1. The minimum absolute atomic E-state index is 0.00984. The lowest BCUT2D eigenvalue weighted by atomic mass is 9.92. The van der Waals surface area contributed by atoms with Crippen molar-refractivity contribution in [1.29, 1.82) is 0 Å². The van der Waals surface area contributed by atoms with E-state index >= 15 is 0 Å². The molecule has 3 aromatic rings. The lowest BCUT2D eigenvalue weighted by molar-refractivity contribution is -0.136. The van der Waals surface area contributed by atoms with Crippen LogP contribution in [0.5, 0.6) is 5.75 Å². The van der Waals surface area contributed by atoms with Crippen LogP contribution in [0.15, 0.2) is 64.0 Å². The molecule has 2 heterocycles. The first-order valence-corrected chi connectivity index (χ1v) is 10.0. The van der Waals surface area contributed by atoms with Gasteiger partial charge in [-0.2, -0.15) is 0 Å². The van der Waals surface area contributed by atoms with Crippen LogP contribution in [0, 0.1) is 11.8 Å². The number of rotatable bonds is 4. The molecule has 1 aliphatic heterocycles. The molecule has 1 amide bonds. The van der Waals surface area contributed by atoms with Crippen LogP contribution in [-0.2, 0) is 4.79 Å². The highest BCUT2D eigenvalue weighted by molar-refractivity contribution is 5.83. The first kappa shape index (κ1) is 19.2. The van der Waals surface area contributed by atoms with Crippen molar-refractivity contribution in [2.75, 3.05) is 19.7 Å². The molecule has 0 bridgehead atoms. The average molecular weight is 391 g/mol. The molecule has 0 unspecified atom stereocenters. The number of hydrogen-bond donors (Lipinski definition) is 0. The molecule has 1 aliphatic rings. The SMILES string of the molecule is C[C@H]1C[C@H](C)CN(C(=O)COc2ccc3c(=O)c(-c4ccccc4)coc3c2)C1. The molecular formula is C24H25NO4. The number of nitrogens with zero attached hydrogens (tertiary/aromatic N) is 1. The highest BCUT2D eigenvalue weighted by Crippen LogP contribution is 2.24. The normalized spacial score (nSPS) is 19.3. The van der Waals surface area contributed by atoms with Crippen molar-refractivity contribution in [2.24, 2.45) is 11.8 Å².